The van der Waals surface area contributed by atoms with E-state index in [1.165, 1.54) is 30.6 Å². The summed E-state index contributed by atoms with van der Waals surface area (Å²) in [6, 6.07) is 8.88. The van der Waals surface area contributed by atoms with E-state index in [2.05, 4.69) is 15.5 Å². The lowest BCUT2D eigenvalue weighted by atomic mass is 9.73. The van der Waals surface area contributed by atoms with Gasteiger partial charge in [0.25, 0.3) is 5.91 Å². The van der Waals surface area contributed by atoms with Gasteiger partial charge in [-0.3, -0.25) is 9.89 Å². The van der Waals surface area contributed by atoms with Gasteiger partial charge in [0.15, 0.2) is 18.2 Å². The van der Waals surface area contributed by atoms with Crippen LogP contribution in [0.5, 0.6) is 0 Å². The summed E-state index contributed by atoms with van der Waals surface area (Å²) in [6.45, 7) is 0. The number of nitrogens with zero attached hydrogens (tertiary/aromatic N) is 2. The van der Waals surface area contributed by atoms with E-state index in [9.17, 15) is 24.3 Å². The number of amides is 1. The van der Waals surface area contributed by atoms with Crippen LogP contribution in [0.4, 0.5) is 10.2 Å². The van der Waals surface area contributed by atoms with Crippen molar-refractivity contribution in [3.05, 3.63) is 70.9 Å². The molecule has 0 radical (unpaired) electrons. The number of hydrogen-bond donors (Lipinski definition) is 3. The van der Waals surface area contributed by atoms with Gasteiger partial charge in [-0.2, -0.15) is 9.83 Å². The van der Waals surface area contributed by atoms with Gasteiger partial charge in [-0.25, -0.2) is 9.18 Å². The van der Waals surface area contributed by atoms with Crippen molar-refractivity contribution in [3.63, 3.8) is 0 Å². The summed E-state index contributed by atoms with van der Waals surface area (Å²) in [5, 5.41) is 32.0. The van der Waals surface area contributed by atoms with E-state index in [-0.39, 0.29) is 31.5 Å². The molecular weight excluding hydrogens is 419 g/mol. The zero-order valence-electron chi connectivity index (χ0n) is 16.8. The lowest BCUT2D eigenvalue weighted by molar-refractivity contribution is -0.606. The van der Waals surface area contributed by atoms with Crippen LogP contribution in [0.15, 0.2) is 48.8 Å². The van der Waals surface area contributed by atoms with Crippen LogP contribution in [0, 0.1) is 11.0 Å². The molecule has 5 rings (SSSR count). The van der Waals surface area contributed by atoms with E-state index in [4.69, 9.17) is 4.74 Å². The molecule has 3 heterocycles. The Labute approximate surface area is 181 Å². The number of anilines is 1. The number of nitrogens with one attached hydrogen (secondary N) is 2. The number of aromatic nitrogens is 3. The Kier molecular flexibility index (Phi) is 4.48. The summed E-state index contributed by atoms with van der Waals surface area (Å²) >= 11 is 0. The van der Waals surface area contributed by atoms with Crippen LogP contribution < -0.4 is 10.0 Å². The minimum Gasteiger partial charge on any atom is -0.619 e. The fourth-order valence-electron chi connectivity index (χ4n) is 4.39. The molecule has 1 amide bonds. The average Bonchev–Trinajstić information content (AvgIpc) is 3.33. The third-order valence-corrected chi connectivity index (χ3v) is 6.20. The minimum absolute atomic E-state index is 0.0283. The van der Waals surface area contributed by atoms with Gasteiger partial charge in [-0.05, 0) is 37.8 Å². The Hall–Kier alpha value is -3.79. The number of ether oxygens (including phenoxy) is 1. The summed E-state index contributed by atoms with van der Waals surface area (Å²) in [5.74, 6) is -1.36. The van der Waals surface area contributed by atoms with Gasteiger partial charge in [-0.1, -0.05) is 12.1 Å². The third kappa shape index (κ3) is 3.28. The summed E-state index contributed by atoms with van der Waals surface area (Å²) in [6.07, 6.45) is 2.97. The Morgan fingerprint density at radius 2 is 2.03 bits per heavy atom. The second kappa shape index (κ2) is 7.13. The monoisotopic (exact) mass is 438 g/mol. The maximum atomic E-state index is 13.4. The zero-order valence-corrected chi connectivity index (χ0v) is 16.8. The molecule has 0 atom stereocenters. The van der Waals surface area contributed by atoms with E-state index >= 15 is 0 Å². The Morgan fingerprint density at radius 1 is 1.25 bits per heavy atom. The number of aromatic amines is 1. The lowest BCUT2D eigenvalue weighted by Crippen LogP contribution is -2.49. The molecule has 0 saturated heterocycles. The van der Waals surface area contributed by atoms with Crippen molar-refractivity contribution in [1.82, 2.24) is 10.2 Å². The van der Waals surface area contributed by atoms with Gasteiger partial charge in [0.2, 0.25) is 0 Å². The minimum atomic E-state index is -1.69. The first kappa shape index (κ1) is 20.1. The molecule has 164 valence electrons. The van der Waals surface area contributed by atoms with E-state index < -0.39 is 28.9 Å². The van der Waals surface area contributed by atoms with Crippen LogP contribution in [0.25, 0.3) is 11.3 Å². The fourth-order valence-corrected chi connectivity index (χ4v) is 4.39. The summed E-state index contributed by atoms with van der Waals surface area (Å²) in [5.41, 5.74) is -0.838. The molecule has 3 aromatic rings. The topological polar surface area (TPSA) is 131 Å². The first-order valence-corrected chi connectivity index (χ1v) is 10.1. The number of esters is 1. The van der Waals surface area contributed by atoms with E-state index in [0.717, 1.165) is 0 Å². The number of rotatable bonds is 3. The van der Waals surface area contributed by atoms with Crippen molar-refractivity contribution in [3.8, 4) is 11.3 Å². The zero-order chi connectivity index (χ0) is 22.5. The number of hydrogen-bond acceptors (Lipinski definition) is 6. The van der Waals surface area contributed by atoms with Crippen molar-refractivity contribution in [2.45, 2.75) is 36.9 Å². The van der Waals surface area contributed by atoms with Gasteiger partial charge >= 0.3 is 5.97 Å². The predicted molar refractivity (Wildman–Crippen MR) is 109 cm³/mol. The molecule has 1 aliphatic heterocycles. The number of benzene rings is 1. The van der Waals surface area contributed by atoms with Crippen molar-refractivity contribution in [2.75, 3.05) is 5.32 Å². The Morgan fingerprint density at radius 3 is 2.78 bits per heavy atom. The molecule has 10 heteroatoms. The molecular formula is C22H19FN4O5. The van der Waals surface area contributed by atoms with Crippen molar-refractivity contribution >= 4 is 17.7 Å². The summed E-state index contributed by atoms with van der Waals surface area (Å²) in [4.78, 5) is 25.0. The first-order chi connectivity index (χ1) is 15.3. The fraction of sp³-hybridized carbons (Fsp3) is 0.273. The van der Waals surface area contributed by atoms with Crippen LogP contribution in [0.1, 0.15) is 41.6 Å². The van der Waals surface area contributed by atoms with Crippen LogP contribution in [-0.2, 0) is 15.1 Å². The van der Waals surface area contributed by atoms with Crippen molar-refractivity contribution in [2.24, 2.45) is 0 Å². The van der Waals surface area contributed by atoms with Crippen LogP contribution in [0.2, 0.25) is 0 Å². The molecule has 1 spiro atoms. The molecule has 1 aliphatic carbocycles. The molecule has 1 aromatic carbocycles. The average molecular weight is 438 g/mol. The summed E-state index contributed by atoms with van der Waals surface area (Å²) < 4.78 is 19.6. The molecule has 9 nitrogen and oxygen atoms in total. The molecule has 2 aliphatic rings. The van der Waals surface area contributed by atoms with Gasteiger partial charge in [-0.15, -0.1) is 0 Å². The molecule has 0 unspecified atom stereocenters. The third-order valence-electron chi connectivity index (χ3n) is 6.20. The predicted octanol–water partition coefficient (Wildman–Crippen LogP) is 2.16. The molecule has 2 aromatic heterocycles. The van der Waals surface area contributed by atoms with Gasteiger partial charge in [0.05, 0.1) is 16.8 Å². The number of fused-ring (bicyclic) bond motifs is 2. The molecule has 3 N–H and O–H groups in total. The number of H-pyrrole nitrogens is 1. The van der Waals surface area contributed by atoms with E-state index in [1.54, 1.807) is 18.2 Å². The van der Waals surface area contributed by atoms with Gasteiger partial charge in [0.1, 0.15) is 17.0 Å². The van der Waals surface area contributed by atoms with Crippen LogP contribution in [0.3, 0.4) is 0 Å². The quantitative estimate of drug-likeness (QED) is 0.326. The highest BCUT2D eigenvalue weighted by molar-refractivity contribution is 5.97. The lowest BCUT2D eigenvalue weighted by Gasteiger charge is -2.39. The van der Waals surface area contributed by atoms with Crippen molar-refractivity contribution in [1.29, 1.82) is 0 Å². The first-order valence-electron chi connectivity index (χ1n) is 10.1. The second-order valence-corrected chi connectivity index (χ2v) is 8.18. The molecule has 1 saturated carbocycles. The highest BCUT2D eigenvalue weighted by atomic mass is 19.1. The van der Waals surface area contributed by atoms with Gasteiger partial charge < -0.3 is 20.4 Å². The second-order valence-electron chi connectivity index (χ2n) is 8.18. The SMILES string of the molecule is O=C1O[C@]2(CC[C@](O)(C(=O)Nc3cc(-c4cccc(F)c4)[nH]n3)CC2)c2c[n+]([O-])ccc21. The number of aliphatic hydroxyl groups is 1. The number of pyridine rings is 1. The normalized spacial score (nSPS) is 24.2. The largest absolute Gasteiger partial charge is 0.619 e. The Balaban J connectivity index is 1.30. The van der Waals surface area contributed by atoms with Crippen LogP contribution >= 0.6 is 0 Å². The molecule has 1 fully saturated rings. The number of carbonyl (C=O) groups excluding carboxylic acids is 2. The smallest absolute Gasteiger partial charge is 0.339 e. The Bertz CT molecular complexity index is 1230. The van der Waals surface area contributed by atoms with Gasteiger partial charge in [0, 0.05) is 17.7 Å². The highest BCUT2D eigenvalue weighted by Crippen LogP contribution is 2.48. The van der Waals surface area contributed by atoms with Crippen LogP contribution in [-0.4, -0.2) is 32.8 Å². The standard InChI is InChI=1S/C22H19FN4O5/c23-14-3-1-2-13(10-14)17-11-18(26-25-17)24-20(29)21(30)5-7-22(8-6-21)16-12-27(31)9-4-15(16)19(28)32-22/h1-4,9-12,30H,5-8H2,(H2,24,25,26,29)/t21-,22+. The highest BCUT2D eigenvalue weighted by Gasteiger charge is 2.54. The summed E-state index contributed by atoms with van der Waals surface area (Å²) in [7, 11) is 0. The maximum Gasteiger partial charge on any atom is 0.339 e. The van der Waals surface area contributed by atoms with E-state index in [1.807, 2.05) is 0 Å². The van der Waals surface area contributed by atoms with Crippen molar-refractivity contribution < 1.29 is 28.6 Å². The number of carbonyl (C=O) groups is 2. The van der Waals surface area contributed by atoms with E-state index in [0.29, 0.717) is 27.1 Å². The molecule has 0 bridgehead atoms. The number of halogens is 1. The maximum absolute atomic E-state index is 13.4. The molecule has 32 heavy (non-hydrogen) atoms.